The predicted molar refractivity (Wildman–Crippen MR) is 48.2 cm³/mol. The highest BCUT2D eigenvalue weighted by Gasteiger charge is 2.02. The summed E-state index contributed by atoms with van der Waals surface area (Å²) in [4.78, 5) is 20.5. The van der Waals surface area contributed by atoms with Crippen LogP contribution in [-0.4, -0.2) is 28.5 Å². The van der Waals surface area contributed by atoms with Gasteiger partial charge < -0.3 is 14.6 Å². The molecular weight excluding hydrogens is 279 g/mol. The molecule has 0 aliphatic rings. The zero-order chi connectivity index (χ0) is 9.40. The largest absolute Gasteiger partial charge is 0.509 e. The number of hydrogen-bond acceptors (Lipinski definition) is 4. The van der Waals surface area contributed by atoms with E-state index in [9.17, 15) is 9.59 Å². The second-order valence-electron chi connectivity index (χ2n) is 1.85. The molecule has 0 aliphatic heterocycles. The topological polar surface area (TPSA) is 72.8 Å². The summed E-state index contributed by atoms with van der Waals surface area (Å²) in [6.07, 6.45) is -0.446. The molecule has 1 N–H and O–H groups in total. The summed E-state index contributed by atoms with van der Waals surface area (Å²) in [7, 11) is 0. The van der Waals surface area contributed by atoms with E-state index in [-0.39, 0.29) is 17.6 Å². The average Bonchev–Trinajstić information content (AvgIpc) is 1.98. The molecule has 0 unspecified atom stereocenters. The Morgan fingerprint density at radius 2 is 2.00 bits per heavy atom. The molecule has 0 atom stereocenters. The van der Waals surface area contributed by atoms with Gasteiger partial charge in [-0.25, -0.2) is 4.79 Å². The van der Waals surface area contributed by atoms with Gasteiger partial charge >= 0.3 is 12.1 Å². The molecule has 0 aromatic rings. The molecule has 0 saturated heterocycles. The third-order valence-corrected chi connectivity index (χ3v) is 1.24. The van der Waals surface area contributed by atoms with E-state index in [1.165, 1.54) is 0 Å². The van der Waals surface area contributed by atoms with Crippen LogP contribution in [0.4, 0.5) is 4.79 Å². The Hall–Kier alpha value is -0.530. The lowest BCUT2D eigenvalue weighted by Crippen LogP contribution is -2.08. The Morgan fingerprint density at radius 1 is 1.33 bits per heavy atom. The Kier molecular flexibility index (Phi) is 6.82. The summed E-state index contributed by atoms with van der Waals surface area (Å²) >= 11 is 1.86. The first-order valence-electron chi connectivity index (χ1n) is 3.24. The normalized spacial score (nSPS) is 9.08. The van der Waals surface area contributed by atoms with Crippen molar-refractivity contribution in [2.75, 3.05) is 11.2 Å². The number of carbonyl (C=O) groups is 2. The third-order valence-electron chi connectivity index (χ3n) is 0.927. The number of carboxylic acids is 1. The molecule has 0 aromatic heterocycles. The fraction of sp³-hybridized carbons (Fsp3) is 0.667. The van der Waals surface area contributed by atoms with Crippen LogP contribution in [0.5, 0.6) is 0 Å². The summed E-state index contributed by atoms with van der Waals surface area (Å²) in [5.74, 6) is -0.902. The predicted octanol–water partition coefficient (Wildman–Crippen LogP) is 1.40. The van der Waals surface area contributed by atoms with Gasteiger partial charge in [0.25, 0.3) is 0 Å². The minimum atomic E-state index is -0.902. The molecule has 0 heterocycles. The molecule has 12 heavy (non-hydrogen) atoms. The molecule has 0 aromatic carbocycles. The van der Waals surface area contributed by atoms with Crippen molar-refractivity contribution in [3.63, 3.8) is 0 Å². The highest BCUT2D eigenvalue weighted by molar-refractivity contribution is 14.1. The van der Waals surface area contributed by atoms with Crippen molar-refractivity contribution in [1.29, 1.82) is 0 Å². The molecule has 0 saturated carbocycles. The summed E-state index contributed by atoms with van der Waals surface area (Å²) in [6.45, 7) is 0.0851. The van der Waals surface area contributed by atoms with Gasteiger partial charge in [0, 0.05) is 6.42 Å². The van der Waals surface area contributed by atoms with E-state index >= 15 is 0 Å². The standard InChI is InChI=1S/C6H9IO5/c7-4-12-6(10)11-3-1-2-5(8)9/h1-4H2,(H,8,9). The Bertz CT molecular complexity index is 158. The van der Waals surface area contributed by atoms with Crippen molar-refractivity contribution in [1.82, 2.24) is 0 Å². The molecule has 70 valence electrons. The van der Waals surface area contributed by atoms with Gasteiger partial charge in [0.1, 0.15) is 4.61 Å². The highest BCUT2D eigenvalue weighted by Crippen LogP contribution is 1.94. The first kappa shape index (κ1) is 11.5. The minimum absolute atomic E-state index is 0.00247. The fourth-order valence-electron chi connectivity index (χ4n) is 0.465. The van der Waals surface area contributed by atoms with Crippen LogP contribution in [0.1, 0.15) is 12.8 Å². The molecule has 0 spiro atoms. The molecule has 0 bridgehead atoms. The summed E-state index contributed by atoms with van der Waals surface area (Å²) in [5, 5.41) is 8.21. The van der Waals surface area contributed by atoms with Crippen LogP contribution in [-0.2, 0) is 14.3 Å². The lowest BCUT2D eigenvalue weighted by molar-refractivity contribution is -0.137. The van der Waals surface area contributed by atoms with Gasteiger partial charge in [-0.15, -0.1) is 0 Å². The van der Waals surface area contributed by atoms with Crippen LogP contribution in [0.2, 0.25) is 0 Å². The highest BCUT2D eigenvalue weighted by atomic mass is 127. The molecule has 0 aliphatic carbocycles. The van der Waals surface area contributed by atoms with Crippen LogP contribution < -0.4 is 0 Å². The van der Waals surface area contributed by atoms with Crippen LogP contribution >= 0.6 is 22.6 Å². The van der Waals surface area contributed by atoms with E-state index < -0.39 is 12.1 Å². The van der Waals surface area contributed by atoms with Gasteiger partial charge in [0.2, 0.25) is 0 Å². The van der Waals surface area contributed by atoms with E-state index in [0.29, 0.717) is 6.42 Å². The van der Waals surface area contributed by atoms with Gasteiger partial charge in [0.05, 0.1) is 6.61 Å². The van der Waals surface area contributed by atoms with Crippen molar-refractivity contribution < 1.29 is 24.2 Å². The number of hydrogen-bond donors (Lipinski definition) is 1. The van der Waals surface area contributed by atoms with Crippen molar-refractivity contribution in [2.45, 2.75) is 12.8 Å². The number of aliphatic carboxylic acids is 1. The first-order chi connectivity index (χ1) is 5.66. The smallest absolute Gasteiger partial charge is 0.481 e. The number of ether oxygens (including phenoxy) is 2. The zero-order valence-corrected chi connectivity index (χ0v) is 8.44. The van der Waals surface area contributed by atoms with E-state index in [4.69, 9.17) is 5.11 Å². The SMILES string of the molecule is O=C(O)CCCOC(=O)OCI. The Morgan fingerprint density at radius 3 is 2.50 bits per heavy atom. The third kappa shape index (κ3) is 7.58. The molecule has 6 heteroatoms. The summed E-state index contributed by atoms with van der Waals surface area (Å²) in [6, 6.07) is 0. The number of alkyl halides is 1. The van der Waals surface area contributed by atoms with E-state index in [2.05, 4.69) is 9.47 Å². The lowest BCUT2D eigenvalue weighted by Gasteiger charge is -2.01. The van der Waals surface area contributed by atoms with Crippen LogP contribution in [0.15, 0.2) is 0 Å². The first-order valence-corrected chi connectivity index (χ1v) is 4.76. The van der Waals surface area contributed by atoms with Gasteiger partial charge in [-0.3, -0.25) is 4.79 Å². The molecule has 0 amide bonds. The van der Waals surface area contributed by atoms with E-state index in [0.717, 1.165) is 0 Å². The van der Waals surface area contributed by atoms with Crippen molar-refractivity contribution >= 4 is 34.7 Å². The maximum Gasteiger partial charge on any atom is 0.509 e. The second kappa shape index (κ2) is 7.14. The molecule has 0 radical (unpaired) electrons. The molecular formula is C6H9IO5. The van der Waals surface area contributed by atoms with Gasteiger partial charge in [0.15, 0.2) is 0 Å². The molecule has 0 rings (SSSR count). The zero-order valence-electron chi connectivity index (χ0n) is 6.29. The van der Waals surface area contributed by atoms with Crippen LogP contribution in [0, 0.1) is 0 Å². The van der Waals surface area contributed by atoms with Crippen molar-refractivity contribution in [3.8, 4) is 0 Å². The number of carboxylic acid groups (broad SMARTS) is 1. The summed E-state index contributed by atoms with van der Waals surface area (Å²) < 4.78 is 9.16. The van der Waals surface area contributed by atoms with Gasteiger partial charge in [-0.05, 0) is 29.0 Å². The van der Waals surface area contributed by atoms with Gasteiger partial charge in [-0.1, -0.05) is 0 Å². The maximum absolute atomic E-state index is 10.5. The summed E-state index contributed by atoms with van der Waals surface area (Å²) in [5.41, 5.74) is 0. The molecule has 5 nitrogen and oxygen atoms in total. The number of rotatable bonds is 5. The van der Waals surface area contributed by atoms with Crippen molar-refractivity contribution in [2.24, 2.45) is 0 Å². The average molecular weight is 288 g/mol. The maximum atomic E-state index is 10.5. The number of carbonyl (C=O) groups excluding carboxylic acids is 1. The van der Waals surface area contributed by atoms with Crippen molar-refractivity contribution in [3.05, 3.63) is 0 Å². The van der Waals surface area contributed by atoms with Crippen LogP contribution in [0.25, 0.3) is 0 Å². The molecule has 0 fully saturated rings. The monoisotopic (exact) mass is 288 g/mol. The Balaban J connectivity index is 3.19. The van der Waals surface area contributed by atoms with Crippen LogP contribution in [0.3, 0.4) is 0 Å². The van der Waals surface area contributed by atoms with E-state index in [1.807, 2.05) is 22.6 Å². The lowest BCUT2D eigenvalue weighted by atomic mass is 10.3. The Labute approximate surface area is 83.2 Å². The second-order valence-corrected chi connectivity index (χ2v) is 2.47. The minimum Gasteiger partial charge on any atom is -0.481 e. The van der Waals surface area contributed by atoms with Gasteiger partial charge in [-0.2, -0.15) is 0 Å². The number of halogens is 1. The fourth-order valence-corrected chi connectivity index (χ4v) is 0.719. The van der Waals surface area contributed by atoms with E-state index in [1.54, 1.807) is 0 Å². The quantitative estimate of drug-likeness (QED) is 0.358.